The van der Waals surface area contributed by atoms with Crippen LogP contribution in [0.5, 0.6) is 0 Å². The minimum Gasteiger partial charge on any atom is -0.481 e. The molecule has 0 aliphatic heterocycles. The lowest BCUT2D eigenvalue weighted by atomic mass is 10.3. The topological polar surface area (TPSA) is 122 Å². The number of nitrogens with one attached hydrogen (secondary N) is 1. The van der Waals surface area contributed by atoms with Crippen molar-refractivity contribution < 1.29 is 23.4 Å². The van der Waals surface area contributed by atoms with Gasteiger partial charge in [0, 0.05) is 6.20 Å². The Morgan fingerprint density at radius 3 is 2.74 bits per heavy atom. The minimum atomic E-state index is -3.73. The fourth-order valence-electron chi connectivity index (χ4n) is 1.60. The van der Waals surface area contributed by atoms with Gasteiger partial charge in [0.05, 0.1) is 31.3 Å². The summed E-state index contributed by atoms with van der Waals surface area (Å²) in [6.45, 7) is -0.130. The highest BCUT2D eigenvalue weighted by atomic mass is 32.2. The Hall–Kier alpha value is -1.45. The summed E-state index contributed by atoms with van der Waals surface area (Å²) >= 11 is 0. The highest BCUT2D eigenvalue weighted by Gasteiger charge is 2.45. The Balaban J connectivity index is 2.06. The van der Waals surface area contributed by atoms with Crippen LogP contribution < -0.4 is 4.72 Å². The maximum absolute atomic E-state index is 12.0. The molecule has 0 bridgehead atoms. The van der Waals surface area contributed by atoms with Gasteiger partial charge in [-0.05, 0) is 12.8 Å². The van der Waals surface area contributed by atoms with Gasteiger partial charge >= 0.3 is 5.97 Å². The van der Waals surface area contributed by atoms with Crippen molar-refractivity contribution in [2.24, 2.45) is 0 Å². The van der Waals surface area contributed by atoms with E-state index in [-0.39, 0.29) is 24.5 Å². The highest BCUT2D eigenvalue weighted by Crippen LogP contribution is 2.36. The Morgan fingerprint density at radius 1 is 1.53 bits per heavy atom. The molecule has 0 saturated heterocycles. The molecule has 9 heteroatoms. The summed E-state index contributed by atoms with van der Waals surface area (Å²) in [5.41, 5.74) is -0.734. The van der Waals surface area contributed by atoms with Crippen molar-refractivity contribution in [1.82, 2.24) is 14.5 Å². The largest absolute Gasteiger partial charge is 0.481 e. The Kier molecular flexibility index (Phi) is 3.61. The molecule has 8 nitrogen and oxygen atoms in total. The number of hydrogen-bond acceptors (Lipinski definition) is 5. The molecule has 0 atom stereocenters. The maximum Gasteiger partial charge on any atom is 0.305 e. The van der Waals surface area contributed by atoms with Crippen LogP contribution in [0.15, 0.2) is 17.3 Å². The molecular formula is C10H15N3O5S. The maximum atomic E-state index is 12.0. The average Bonchev–Trinajstić information content (AvgIpc) is 2.92. The van der Waals surface area contributed by atoms with Gasteiger partial charge in [0.1, 0.15) is 4.90 Å². The second kappa shape index (κ2) is 4.91. The summed E-state index contributed by atoms with van der Waals surface area (Å²) in [6, 6.07) is 0. The van der Waals surface area contributed by atoms with E-state index < -0.39 is 21.5 Å². The lowest BCUT2D eigenvalue weighted by molar-refractivity contribution is -0.137. The molecule has 1 aromatic heterocycles. The zero-order valence-electron chi connectivity index (χ0n) is 10.1. The zero-order valence-corrected chi connectivity index (χ0v) is 10.9. The van der Waals surface area contributed by atoms with E-state index in [0.717, 1.165) is 6.20 Å². The Labute approximate surface area is 110 Å². The summed E-state index contributed by atoms with van der Waals surface area (Å²) in [4.78, 5) is 10.4. The molecule has 1 saturated carbocycles. The van der Waals surface area contributed by atoms with Crippen molar-refractivity contribution in [3.05, 3.63) is 12.4 Å². The summed E-state index contributed by atoms with van der Waals surface area (Å²) < 4.78 is 27.7. The number of carboxylic acids is 1. The number of aliphatic carboxylic acids is 1. The predicted molar refractivity (Wildman–Crippen MR) is 63.9 cm³/mol. The summed E-state index contributed by atoms with van der Waals surface area (Å²) in [6.07, 6.45) is 3.53. The van der Waals surface area contributed by atoms with E-state index in [9.17, 15) is 13.2 Å². The summed E-state index contributed by atoms with van der Waals surface area (Å²) in [5, 5.41) is 21.4. The number of hydrogen-bond donors (Lipinski definition) is 3. The third-order valence-corrected chi connectivity index (χ3v) is 4.51. The predicted octanol–water partition coefficient (Wildman–Crippen LogP) is -0.839. The molecule has 1 heterocycles. The minimum absolute atomic E-state index is 0.0300. The molecule has 3 N–H and O–H groups in total. The van der Waals surface area contributed by atoms with E-state index >= 15 is 0 Å². The van der Waals surface area contributed by atoms with Crippen molar-refractivity contribution >= 4 is 16.0 Å². The van der Waals surface area contributed by atoms with Crippen LogP contribution in [0.4, 0.5) is 0 Å². The van der Waals surface area contributed by atoms with Crippen molar-refractivity contribution in [1.29, 1.82) is 0 Å². The normalized spacial score (nSPS) is 17.3. The Bertz CT molecular complexity index is 576. The summed E-state index contributed by atoms with van der Waals surface area (Å²) in [5.74, 6) is -0.977. The van der Waals surface area contributed by atoms with E-state index in [2.05, 4.69) is 9.82 Å². The fraction of sp³-hybridized carbons (Fsp3) is 0.600. The molecule has 2 rings (SSSR count). The Morgan fingerprint density at radius 2 is 2.21 bits per heavy atom. The number of carboxylic acid groups (broad SMARTS) is 1. The molecule has 1 fully saturated rings. The van der Waals surface area contributed by atoms with E-state index in [4.69, 9.17) is 10.2 Å². The highest BCUT2D eigenvalue weighted by molar-refractivity contribution is 7.89. The molecular weight excluding hydrogens is 274 g/mol. The quantitative estimate of drug-likeness (QED) is 0.602. The molecule has 0 radical (unpaired) electrons. The first-order valence-corrected chi connectivity index (χ1v) is 7.24. The first-order valence-electron chi connectivity index (χ1n) is 5.76. The summed E-state index contributed by atoms with van der Waals surface area (Å²) in [7, 11) is -3.73. The van der Waals surface area contributed by atoms with Gasteiger partial charge in [-0.3, -0.25) is 9.48 Å². The van der Waals surface area contributed by atoms with E-state index in [1.54, 1.807) is 0 Å². The average molecular weight is 289 g/mol. The standard InChI is InChI=1S/C10H15N3O5S/c14-7-10(2-3-10)12-19(17,18)8-5-11-13(6-8)4-1-9(15)16/h5-6,12,14H,1-4,7H2,(H,15,16). The van der Waals surface area contributed by atoms with Crippen LogP contribution >= 0.6 is 0 Å². The van der Waals surface area contributed by atoms with Crippen LogP contribution in [-0.2, 0) is 21.4 Å². The van der Waals surface area contributed by atoms with E-state index in [1.807, 2.05) is 0 Å². The molecule has 1 aliphatic carbocycles. The number of rotatable bonds is 7. The van der Waals surface area contributed by atoms with Gasteiger partial charge in [0.25, 0.3) is 0 Å². The second-order valence-corrected chi connectivity index (χ2v) is 6.31. The molecule has 1 aliphatic rings. The molecule has 1 aromatic rings. The number of aliphatic hydroxyl groups is 1. The van der Waals surface area contributed by atoms with Crippen LogP contribution in [0.1, 0.15) is 19.3 Å². The lowest BCUT2D eigenvalue weighted by Gasteiger charge is -2.13. The molecule has 0 spiro atoms. The monoisotopic (exact) mass is 289 g/mol. The first kappa shape index (κ1) is 14.0. The molecule has 0 unspecified atom stereocenters. The van der Waals surface area contributed by atoms with Gasteiger partial charge in [0.15, 0.2) is 0 Å². The van der Waals surface area contributed by atoms with Gasteiger partial charge in [-0.15, -0.1) is 0 Å². The third-order valence-electron chi connectivity index (χ3n) is 2.98. The molecule has 0 amide bonds. The van der Waals surface area contributed by atoms with Gasteiger partial charge in [-0.1, -0.05) is 0 Å². The van der Waals surface area contributed by atoms with Gasteiger partial charge in [-0.2, -0.15) is 5.10 Å². The van der Waals surface area contributed by atoms with E-state index in [0.29, 0.717) is 12.8 Å². The molecule has 106 valence electrons. The number of sulfonamides is 1. The number of aromatic nitrogens is 2. The van der Waals surface area contributed by atoms with Crippen LogP contribution in [0.3, 0.4) is 0 Å². The van der Waals surface area contributed by atoms with Crippen LogP contribution in [0.25, 0.3) is 0 Å². The molecule has 0 aromatic carbocycles. The first-order chi connectivity index (χ1) is 8.87. The van der Waals surface area contributed by atoms with Crippen LogP contribution in [-0.4, -0.2) is 46.5 Å². The third kappa shape index (κ3) is 3.31. The lowest BCUT2D eigenvalue weighted by Crippen LogP contribution is -2.39. The smallest absolute Gasteiger partial charge is 0.305 e. The number of nitrogens with zero attached hydrogens (tertiary/aromatic N) is 2. The van der Waals surface area contributed by atoms with Crippen LogP contribution in [0.2, 0.25) is 0 Å². The van der Waals surface area contributed by atoms with Gasteiger partial charge in [0.2, 0.25) is 10.0 Å². The second-order valence-electron chi connectivity index (χ2n) is 4.63. The van der Waals surface area contributed by atoms with Gasteiger partial charge < -0.3 is 10.2 Å². The number of aryl methyl sites for hydroxylation is 1. The van der Waals surface area contributed by atoms with Crippen molar-refractivity contribution in [3.63, 3.8) is 0 Å². The van der Waals surface area contributed by atoms with E-state index in [1.165, 1.54) is 10.9 Å². The number of aliphatic hydroxyl groups excluding tert-OH is 1. The van der Waals surface area contributed by atoms with Crippen LogP contribution in [0, 0.1) is 0 Å². The fourth-order valence-corrected chi connectivity index (χ4v) is 3.01. The van der Waals surface area contributed by atoms with Crippen molar-refractivity contribution in [3.8, 4) is 0 Å². The number of carbonyl (C=O) groups is 1. The SMILES string of the molecule is O=C(O)CCn1cc(S(=O)(=O)NC2(CO)CC2)cn1. The van der Waals surface area contributed by atoms with Crippen molar-refractivity contribution in [2.45, 2.75) is 36.2 Å². The van der Waals surface area contributed by atoms with Crippen molar-refractivity contribution in [2.75, 3.05) is 6.61 Å². The van der Waals surface area contributed by atoms with Gasteiger partial charge in [-0.25, -0.2) is 13.1 Å². The molecule has 19 heavy (non-hydrogen) atoms. The zero-order chi connectivity index (χ0) is 14.1.